The number of hydrogen-bond acceptors (Lipinski definition) is 6. The number of hydrogen-bond donors (Lipinski definition) is 1. The van der Waals surface area contributed by atoms with Crippen LogP contribution in [0, 0.1) is 5.82 Å². The van der Waals surface area contributed by atoms with Crippen LogP contribution in [0.4, 0.5) is 10.1 Å². The van der Waals surface area contributed by atoms with Gasteiger partial charge >= 0.3 is 5.97 Å². The number of aromatic nitrogens is 2. The molecule has 1 saturated carbocycles. The van der Waals surface area contributed by atoms with Gasteiger partial charge in [0.15, 0.2) is 17.3 Å². The van der Waals surface area contributed by atoms with Gasteiger partial charge in [-0.1, -0.05) is 0 Å². The van der Waals surface area contributed by atoms with Crippen molar-refractivity contribution in [1.82, 2.24) is 9.97 Å². The lowest BCUT2D eigenvalue weighted by atomic mass is 10.1. The first-order valence-corrected chi connectivity index (χ1v) is 7.14. The summed E-state index contributed by atoms with van der Waals surface area (Å²) in [5, 5.41) is 0. The summed E-state index contributed by atoms with van der Waals surface area (Å²) in [5.41, 5.74) is 6.64. The molecule has 2 N–H and O–H groups in total. The summed E-state index contributed by atoms with van der Waals surface area (Å²) < 4.78 is 24.1. The van der Waals surface area contributed by atoms with Gasteiger partial charge in [-0.05, 0) is 25.0 Å². The molecular weight excluding hydrogens is 301 g/mol. The second-order valence-electron chi connectivity index (χ2n) is 5.31. The molecule has 7 heteroatoms. The average molecular weight is 317 g/mol. The van der Waals surface area contributed by atoms with Gasteiger partial charge in [0, 0.05) is 23.4 Å². The van der Waals surface area contributed by atoms with Gasteiger partial charge in [-0.3, -0.25) is 4.98 Å². The van der Waals surface area contributed by atoms with E-state index in [1.807, 2.05) is 6.07 Å². The lowest BCUT2D eigenvalue weighted by molar-refractivity contribution is 0.0590. The third kappa shape index (κ3) is 2.69. The van der Waals surface area contributed by atoms with Crippen LogP contribution in [0.5, 0.6) is 5.75 Å². The first-order valence-electron chi connectivity index (χ1n) is 7.14. The summed E-state index contributed by atoms with van der Waals surface area (Å²) >= 11 is 0. The van der Waals surface area contributed by atoms with Crippen molar-refractivity contribution in [1.29, 1.82) is 0 Å². The van der Waals surface area contributed by atoms with Crippen LogP contribution < -0.4 is 10.5 Å². The number of methoxy groups -OCH3 is 2. The highest BCUT2D eigenvalue weighted by Gasteiger charge is 2.27. The molecule has 3 rings (SSSR count). The number of rotatable bonds is 4. The smallest absolute Gasteiger partial charge is 0.360 e. The Kier molecular flexibility index (Phi) is 3.85. The van der Waals surface area contributed by atoms with Crippen LogP contribution in [0.25, 0.3) is 11.3 Å². The Morgan fingerprint density at radius 2 is 2.09 bits per heavy atom. The molecule has 0 bridgehead atoms. The number of nitrogens with two attached hydrogens (primary N) is 1. The highest BCUT2D eigenvalue weighted by Crippen LogP contribution is 2.39. The number of halogens is 1. The molecule has 0 unspecified atom stereocenters. The Labute approximate surface area is 132 Å². The fraction of sp³-hybridized carbons (Fsp3) is 0.312. The summed E-state index contributed by atoms with van der Waals surface area (Å²) in [6, 6.07) is 3.56. The Morgan fingerprint density at radius 1 is 1.35 bits per heavy atom. The monoisotopic (exact) mass is 317 g/mol. The normalized spacial score (nSPS) is 13.7. The molecule has 2 aromatic rings. The average Bonchev–Trinajstić information content (AvgIpc) is 3.41. The lowest BCUT2D eigenvalue weighted by Crippen LogP contribution is -2.12. The molecule has 6 nitrogen and oxygen atoms in total. The lowest BCUT2D eigenvalue weighted by Gasteiger charge is -2.13. The number of ether oxygens (including phenoxy) is 2. The summed E-state index contributed by atoms with van der Waals surface area (Å²) in [4.78, 5) is 20.2. The number of anilines is 1. The quantitative estimate of drug-likeness (QED) is 0.872. The molecule has 2 heterocycles. The molecule has 0 saturated heterocycles. The molecular formula is C16H16FN3O3. The molecule has 0 radical (unpaired) electrons. The van der Waals surface area contributed by atoms with Gasteiger partial charge in [0.1, 0.15) is 11.4 Å². The maximum Gasteiger partial charge on any atom is 0.360 e. The molecule has 0 amide bonds. The molecule has 1 aliphatic carbocycles. The highest BCUT2D eigenvalue weighted by atomic mass is 19.1. The summed E-state index contributed by atoms with van der Waals surface area (Å²) in [7, 11) is 2.49. The van der Waals surface area contributed by atoms with Crippen molar-refractivity contribution in [3.05, 3.63) is 35.5 Å². The number of pyridine rings is 2. The van der Waals surface area contributed by atoms with E-state index in [9.17, 15) is 9.18 Å². The first kappa shape index (κ1) is 15.2. The minimum atomic E-state index is -0.754. The first-order chi connectivity index (χ1) is 11.1. The van der Waals surface area contributed by atoms with Gasteiger partial charge in [0.25, 0.3) is 0 Å². The third-order valence-electron chi connectivity index (χ3n) is 3.77. The number of esters is 1. The van der Waals surface area contributed by atoms with Crippen molar-refractivity contribution < 1.29 is 18.7 Å². The summed E-state index contributed by atoms with van der Waals surface area (Å²) in [6.07, 6.45) is 3.79. The van der Waals surface area contributed by atoms with Crippen molar-refractivity contribution in [3.63, 3.8) is 0 Å². The molecule has 1 aliphatic rings. The van der Waals surface area contributed by atoms with Gasteiger partial charge in [-0.15, -0.1) is 0 Å². The fourth-order valence-electron chi connectivity index (χ4n) is 2.37. The predicted molar refractivity (Wildman–Crippen MR) is 81.7 cm³/mol. The zero-order valence-electron chi connectivity index (χ0n) is 12.8. The van der Waals surface area contributed by atoms with Crippen molar-refractivity contribution in [2.75, 3.05) is 20.0 Å². The van der Waals surface area contributed by atoms with E-state index < -0.39 is 11.8 Å². The minimum absolute atomic E-state index is 0.0569. The summed E-state index contributed by atoms with van der Waals surface area (Å²) in [5.74, 6) is -1.15. The van der Waals surface area contributed by atoms with E-state index in [2.05, 4.69) is 14.7 Å². The Hall–Kier alpha value is -2.70. The second-order valence-corrected chi connectivity index (χ2v) is 5.31. The van der Waals surface area contributed by atoms with Crippen molar-refractivity contribution >= 4 is 11.7 Å². The van der Waals surface area contributed by atoms with E-state index in [0.717, 1.165) is 18.5 Å². The van der Waals surface area contributed by atoms with Crippen LogP contribution in [0.3, 0.4) is 0 Å². The molecule has 2 aromatic heterocycles. The van der Waals surface area contributed by atoms with E-state index in [1.54, 1.807) is 6.07 Å². The van der Waals surface area contributed by atoms with E-state index in [1.165, 1.54) is 20.4 Å². The number of carbonyl (C=O) groups is 1. The second kappa shape index (κ2) is 5.83. The maximum atomic E-state index is 14.5. The van der Waals surface area contributed by atoms with Crippen molar-refractivity contribution in [2.24, 2.45) is 0 Å². The fourth-order valence-corrected chi connectivity index (χ4v) is 2.37. The molecule has 23 heavy (non-hydrogen) atoms. The number of carbonyl (C=O) groups excluding carboxylic acids is 1. The standard InChI is InChI=1S/C16H16FN3O3/c1-22-15-12(18)11(17)13(20-14(15)16(21)23-2)9-5-6-10(19-7-9)8-3-4-8/h5-8H,3-4H2,1-2H3,(H2,18,20). The zero-order chi connectivity index (χ0) is 16.6. The highest BCUT2D eigenvalue weighted by molar-refractivity contribution is 5.93. The van der Waals surface area contributed by atoms with Crippen molar-refractivity contribution in [2.45, 2.75) is 18.8 Å². The molecule has 0 aromatic carbocycles. The molecule has 0 aliphatic heterocycles. The van der Waals surface area contributed by atoms with Crippen LogP contribution in [-0.4, -0.2) is 30.2 Å². The van der Waals surface area contributed by atoms with Gasteiger partial charge < -0.3 is 15.2 Å². The topological polar surface area (TPSA) is 87.3 Å². The largest absolute Gasteiger partial charge is 0.492 e. The van der Waals surface area contributed by atoms with E-state index in [0.29, 0.717) is 11.5 Å². The number of nitrogen functional groups attached to an aromatic ring is 1. The Bertz CT molecular complexity index is 758. The van der Waals surface area contributed by atoms with Crippen LogP contribution in [0.15, 0.2) is 18.3 Å². The number of nitrogens with zero attached hydrogens (tertiary/aromatic N) is 2. The van der Waals surface area contributed by atoms with Crippen molar-refractivity contribution in [3.8, 4) is 17.0 Å². The van der Waals surface area contributed by atoms with Crippen LogP contribution in [-0.2, 0) is 4.74 Å². The Balaban J connectivity index is 2.10. The summed E-state index contributed by atoms with van der Waals surface area (Å²) in [6.45, 7) is 0. The Morgan fingerprint density at radius 3 is 2.61 bits per heavy atom. The third-order valence-corrected chi connectivity index (χ3v) is 3.77. The van der Waals surface area contributed by atoms with Crippen LogP contribution in [0.2, 0.25) is 0 Å². The minimum Gasteiger partial charge on any atom is -0.492 e. The van der Waals surface area contributed by atoms with E-state index in [-0.39, 0.29) is 22.8 Å². The SMILES string of the molecule is COC(=O)c1nc(-c2ccc(C3CC3)nc2)c(F)c(N)c1OC. The van der Waals surface area contributed by atoms with E-state index >= 15 is 0 Å². The van der Waals surface area contributed by atoms with Gasteiger partial charge in [-0.2, -0.15) is 0 Å². The molecule has 0 spiro atoms. The van der Waals surface area contributed by atoms with E-state index in [4.69, 9.17) is 10.5 Å². The van der Waals surface area contributed by atoms with Gasteiger partial charge in [-0.25, -0.2) is 14.2 Å². The maximum absolute atomic E-state index is 14.5. The molecule has 0 atom stereocenters. The van der Waals surface area contributed by atoms with Crippen LogP contribution in [0.1, 0.15) is 34.9 Å². The zero-order valence-corrected chi connectivity index (χ0v) is 12.8. The predicted octanol–water partition coefficient (Wildman–Crippen LogP) is 2.54. The molecule has 120 valence electrons. The van der Waals surface area contributed by atoms with Crippen LogP contribution >= 0.6 is 0 Å². The van der Waals surface area contributed by atoms with Gasteiger partial charge in [0.05, 0.1) is 14.2 Å². The van der Waals surface area contributed by atoms with Gasteiger partial charge in [0.2, 0.25) is 0 Å². The molecule has 1 fully saturated rings.